The van der Waals surface area contributed by atoms with Gasteiger partial charge in [-0.3, -0.25) is 0 Å². The second-order valence-electron chi connectivity index (χ2n) is 2.68. The molecule has 15 heavy (non-hydrogen) atoms. The van der Waals surface area contributed by atoms with E-state index in [1.54, 1.807) is 0 Å². The summed E-state index contributed by atoms with van der Waals surface area (Å²) in [5, 5.41) is 8.58. The number of aromatic nitrogens is 1. The molecular weight excluding hydrogens is 238 g/mol. The first-order valence-electron chi connectivity index (χ1n) is 3.72. The van der Waals surface area contributed by atoms with Crippen LogP contribution >= 0.6 is 11.3 Å². The van der Waals surface area contributed by atoms with Crippen molar-refractivity contribution >= 4 is 36.8 Å². The molecule has 8 heteroatoms. The number of diazo groups is 1. The average molecular weight is 241 g/mol. The first-order chi connectivity index (χ1) is 7.00. The van der Waals surface area contributed by atoms with E-state index >= 15 is 0 Å². The molecule has 0 aliphatic carbocycles. The van der Waals surface area contributed by atoms with Crippen LogP contribution in [0, 0.1) is 5.39 Å². The fourth-order valence-corrected chi connectivity index (χ4v) is 2.45. The van der Waals surface area contributed by atoms with Crippen molar-refractivity contribution < 1.29 is 13.0 Å². The van der Waals surface area contributed by atoms with Gasteiger partial charge in [-0.05, 0) is 34.5 Å². The maximum Gasteiger partial charge on any atom is 0.524 e. The van der Waals surface area contributed by atoms with E-state index in [4.69, 9.17) is 5.39 Å². The Morgan fingerprint density at radius 1 is 1.47 bits per heavy atom. The molecule has 0 atom stereocenters. The summed E-state index contributed by atoms with van der Waals surface area (Å²) in [6.45, 7) is 0. The topological polar surface area (TPSA) is 98.2 Å². The van der Waals surface area contributed by atoms with Gasteiger partial charge in [0.05, 0.1) is 15.0 Å². The summed E-state index contributed by atoms with van der Waals surface area (Å²) >= 11 is 0.996. The van der Waals surface area contributed by atoms with E-state index in [1.807, 2.05) is 0 Å². The number of rotatable bonds is 1. The van der Waals surface area contributed by atoms with E-state index < -0.39 is 10.1 Å². The summed E-state index contributed by atoms with van der Waals surface area (Å²) in [6, 6.07) is 3.78. The van der Waals surface area contributed by atoms with Gasteiger partial charge in [-0.1, -0.05) is 0 Å². The number of benzene rings is 1. The Kier molecular flexibility index (Phi) is 2.15. The summed E-state index contributed by atoms with van der Waals surface area (Å²) in [7, 11) is -4.46. The van der Waals surface area contributed by atoms with Gasteiger partial charge in [0, 0.05) is 4.98 Å². The van der Waals surface area contributed by atoms with Gasteiger partial charge in [0.15, 0.2) is 5.52 Å². The molecule has 0 radical (unpaired) electrons. The van der Waals surface area contributed by atoms with E-state index in [-0.39, 0.29) is 10.0 Å². The predicted molar refractivity (Wildman–Crippen MR) is 52.3 cm³/mol. The molecule has 1 aromatic carbocycles. The predicted octanol–water partition coefficient (Wildman–Crippen LogP) is 1.68. The summed E-state index contributed by atoms with van der Waals surface area (Å²) in [5.74, 6) is 0. The van der Waals surface area contributed by atoms with Crippen molar-refractivity contribution in [1.82, 2.24) is 4.98 Å². The van der Waals surface area contributed by atoms with Crippen LogP contribution in [0.1, 0.15) is 0 Å². The van der Waals surface area contributed by atoms with Crippen LogP contribution in [0.2, 0.25) is 0 Å². The van der Waals surface area contributed by atoms with Crippen LogP contribution in [-0.2, 0) is 10.1 Å². The van der Waals surface area contributed by atoms with Crippen LogP contribution in [0.15, 0.2) is 23.1 Å². The Morgan fingerprint density at radius 3 is 2.80 bits per heavy atom. The maximum absolute atomic E-state index is 10.7. The number of nitrogens with zero attached hydrogens (tertiary/aromatic N) is 3. The Morgan fingerprint density at radius 2 is 2.20 bits per heavy atom. The van der Waals surface area contributed by atoms with Crippen LogP contribution in [0.5, 0.6) is 0 Å². The molecule has 0 spiro atoms. The van der Waals surface area contributed by atoms with Crippen molar-refractivity contribution in [3.8, 4) is 0 Å². The Balaban J connectivity index is 2.72. The van der Waals surface area contributed by atoms with E-state index in [0.29, 0.717) is 10.2 Å². The summed E-state index contributed by atoms with van der Waals surface area (Å²) in [5.41, 5.74) is 0.486. The Bertz CT molecular complexity index is 668. The lowest BCUT2D eigenvalue weighted by molar-refractivity contribution is 0.463. The highest BCUT2D eigenvalue weighted by atomic mass is 32.2. The smallest absolute Gasteiger partial charge is 0.524 e. The first kappa shape index (κ1) is 9.97. The molecule has 2 aromatic rings. The minimum Gasteiger partial charge on any atom is -0.744 e. The average Bonchev–Trinajstić information content (AvgIpc) is 2.57. The number of hydrogen-bond acceptors (Lipinski definition) is 6. The van der Waals surface area contributed by atoms with Gasteiger partial charge in [0.1, 0.15) is 10.1 Å². The van der Waals surface area contributed by atoms with E-state index in [0.717, 1.165) is 11.3 Å². The summed E-state index contributed by atoms with van der Waals surface area (Å²) in [4.78, 5) is 6.42. The van der Waals surface area contributed by atoms with Gasteiger partial charge in [-0.2, -0.15) is 0 Å². The summed E-state index contributed by atoms with van der Waals surface area (Å²) in [6.07, 6.45) is 0. The Hall–Kier alpha value is -1.56. The lowest BCUT2D eigenvalue weighted by atomic mass is 10.3. The molecule has 0 N–H and O–H groups in total. The van der Waals surface area contributed by atoms with Crippen LogP contribution < -0.4 is 0 Å². The van der Waals surface area contributed by atoms with Crippen LogP contribution in [0.3, 0.4) is 0 Å². The summed E-state index contributed by atoms with van der Waals surface area (Å²) < 4.78 is 32.6. The number of fused-ring (bicyclic) bond motifs is 1. The fourth-order valence-electron chi connectivity index (χ4n) is 1.09. The van der Waals surface area contributed by atoms with Crippen molar-refractivity contribution in [3.63, 3.8) is 0 Å². The lowest BCUT2D eigenvalue weighted by Crippen LogP contribution is -1.97. The van der Waals surface area contributed by atoms with Gasteiger partial charge in [-0.15, -0.1) is 0 Å². The minimum absolute atomic E-state index is 0.116. The zero-order valence-corrected chi connectivity index (χ0v) is 8.75. The van der Waals surface area contributed by atoms with Gasteiger partial charge in [0.25, 0.3) is 0 Å². The third-order valence-electron chi connectivity index (χ3n) is 1.72. The maximum atomic E-state index is 10.7. The molecule has 0 aliphatic heterocycles. The van der Waals surface area contributed by atoms with Crippen LogP contribution in [-0.4, -0.2) is 18.0 Å². The molecule has 2 rings (SSSR count). The molecule has 0 aliphatic rings. The van der Waals surface area contributed by atoms with Crippen molar-refractivity contribution in [2.24, 2.45) is 0 Å². The normalized spacial score (nSPS) is 11.5. The minimum atomic E-state index is -4.46. The molecular formula is C7H3N3O3S2. The molecule has 6 nitrogen and oxygen atoms in total. The first-order valence-corrected chi connectivity index (χ1v) is 5.95. The van der Waals surface area contributed by atoms with Crippen LogP contribution in [0.4, 0.5) is 5.13 Å². The molecule has 0 amide bonds. The van der Waals surface area contributed by atoms with Gasteiger partial charge >= 0.3 is 5.13 Å². The highest BCUT2D eigenvalue weighted by Crippen LogP contribution is 2.29. The standard InChI is InChI=1S/C7H3N3O3S2/c8-10-7-9-5-2-1-4(15(11,12)13)3-6(5)14-7/h1-3H. The van der Waals surface area contributed by atoms with Crippen molar-refractivity contribution in [2.45, 2.75) is 4.90 Å². The molecule has 0 saturated heterocycles. The SMILES string of the molecule is N#[N+]c1nc2ccc(S(=O)(=O)[O-])cc2s1. The zero-order valence-electron chi connectivity index (χ0n) is 7.11. The van der Waals surface area contributed by atoms with E-state index in [1.165, 1.54) is 18.2 Å². The highest BCUT2D eigenvalue weighted by molar-refractivity contribution is 7.85. The number of thiazole rings is 1. The van der Waals surface area contributed by atoms with Crippen molar-refractivity contribution in [2.75, 3.05) is 0 Å². The third-order valence-corrected chi connectivity index (χ3v) is 3.46. The molecule has 1 heterocycles. The van der Waals surface area contributed by atoms with E-state index in [2.05, 4.69) is 9.96 Å². The quantitative estimate of drug-likeness (QED) is 0.558. The molecule has 1 aromatic heterocycles. The Labute approximate surface area is 88.6 Å². The van der Waals surface area contributed by atoms with Gasteiger partial charge in [0.2, 0.25) is 0 Å². The van der Waals surface area contributed by atoms with Gasteiger partial charge < -0.3 is 4.55 Å². The lowest BCUT2D eigenvalue weighted by Gasteiger charge is -2.04. The van der Waals surface area contributed by atoms with Crippen LogP contribution in [0.25, 0.3) is 15.2 Å². The largest absolute Gasteiger partial charge is 0.744 e. The number of hydrogen-bond donors (Lipinski definition) is 0. The molecule has 0 saturated carbocycles. The van der Waals surface area contributed by atoms with Gasteiger partial charge in [-0.25, -0.2) is 8.42 Å². The highest BCUT2D eigenvalue weighted by Gasteiger charge is 2.15. The molecule has 0 bridgehead atoms. The van der Waals surface area contributed by atoms with E-state index in [9.17, 15) is 13.0 Å². The fraction of sp³-hybridized carbons (Fsp3) is 0. The second-order valence-corrected chi connectivity index (χ2v) is 5.07. The second kappa shape index (κ2) is 3.23. The zero-order chi connectivity index (χ0) is 11.1. The van der Waals surface area contributed by atoms with Crippen molar-refractivity contribution in [1.29, 1.82) is 5.39 Å². The third kappa shape index (κ3) is 1.80. The molecule has 0 unspecified atom stereocenters. The molecule has 76 valence electrons. The van der Waals surface area contributed by atoms with Crippen molar-refractivity contribution in [3.05, 3.63) is 23.2 Å². The monoisotopic (exact) mass is 241 g/mol. The molecule has 0 fully saturated rings.